The van der Waals surface area contributed by atoms with Gasteiger partial charge in [0.25, 0.3) is 0 Å². The van der Waals surface area contributed by atoms with Gasteiger partial charge < -0.3 is 14.7 Å². The van der Waals surface area contributed by atoms with Gasteiger partial charge >= 0.3 is 5.97 Å². The normalized spacial score (nSPS) is 20.8. The van der Waals surface area contributed by atoms with E-state index in [1.54, 1.807) is 12.1 Å². The molecule has 0 saturated heterocycles. The van der Waals surface area contributed by atoms with Crippen LogP contribution in [0.15, 0.2) is 71.1 Å². The van der Waals surface area contributed by atoms with Crippen molar-refractivity contribution in [1.29, 1.82) is 0 Å². The molecule has 2 aromatic carbocycles. The lowest BCUT2D eigenvalue weighted by Gasteiger charge is -2.47. The Kier molecular flexibility index (Phi) is 6.33. The van der Waals surface area contributed by atoms with Gasteiger partial charge in [-0.25, -0.2) is 4.79 Å². The van der Waals surface area contributed by atoms with E-state index in [9.17, 15) is 19.5 Å². The van der Waals surface area contributed by atoms with E-state index in [4.69, 9.17) is 4.74 Å². The van der Waals surface area contributed by atoms with E-state index in [0.717, 1.165) is 29.8 Å². The maximum absolute atomic E-state index is 13.7. The summed E-state index contributed by atoms with van der Waals surface area (Å²) in [6.07, 6.45) is 2.22. The lowest BCUT2D eigenvalue weighted by molar-refractivity contribution is -0.119. The molecule has 0 bridgehead atoms. The molecule has 6 nitrogen and oxygen atoms in total. The molecule has 0 amide bonds. The second-order valence-electron chi connectivity index (χ2n) is 12.4. The third-order valence-corrected chi connectivity index (χ3v) is 7.98. The molecule has 5 rings (SSSR count). The largest absolute Gasteiger partial charge is 0.488 e. The fourth-order valence-corrected chi connectivity index (χ4v) is 6.25. The Morgan fingerprint density at radius 1 is 0.895 bits per heavy atom. The summed E-state index contributed by atoms with van der Waals surface area (Å²) < 4.78 is 5.91. The minimum Gasteiger partial charge on any atom is -0.488 e. The molecule has 0 atom stereocenters. The molecule has 3 aliphatic rings. The average molecular weight is 514 g/mol. The Morgan fingerprint density at radius 3 is 1.97 bits per heavy atom. The monoisotopic (exact) mass is 513 g/mol. The number of benzene rings is 2. The van der Waals surface area contributed by atoms with Crippen LogP contribution in [0.3, 0.4) is 0 Å². The van der Waals surface area contributed by atoms with E-state index in [-0.39, 0.29) is 40.3 Å². The van der Waals surface area contributed by atoms with Gasteiger partial charge in [-0.05, 0) is 46.9 Å². The van der Waals surface area contributed by atoms with Crippen molar-refractivity contribution in [1.82, 2.24) is 4.90 Å². The molecule has 1 N–H and O–H groups in total. The molecule has 1 aliphatic heterocycles. The number of rotatable bonds is 5. The highest BCUT2D eigenvalue weighted by Crippen LogP contribution is 2.54. The maximum Gasteiger partial charge on any atom is 0.339 e. The smallest absolute Gasteiger partial charge is 0.339 e. The van der Waals surface area contributed by atoms with Gasteiger partial charge in [-0.15, -0.1) is 0 Å². The van der Waals surface area contributed by atoms with Crippen molar-refractivity contribution in [2.24, 2.45) is 10.8 Å². The molecule has 198 valence electrons. The highest BCUT2D eigenvalue weighted by molar-refractivity contribution is 6.07. The van der Waals surface area contributed by atoms with Gasteiger partial charge in [-0.1, -0.05) is 64.1 Å². The Balaban J connectivity index is 1.63. The van der Waals surface area contributed by atoms with Crippen molar-refractivity contribution < 1.29 is 24.2 Å². The molecular formula is C32H35NO5. The molecule has 0 fully saturated rings. The van der Waals surface area contributed by atoms with Gasteiger partial charge in [0.2, 0.25) is 0 Å². The van der Waals surface area contributed by atoms with E-state index in [0.29, 0.717) is 29.6 Å². The predicted octanol–water partition coefficient (Wildman–Crippen LogP) is 6.28. The van der Waals surface area contributed by atoms with Crippen LogP contribution in [0.4, 0.5) is 0 Å². The number of carbonyl (C=O) groups is 3. The topological polar surface area (TPSA) is 83.9 Å². The Hall–Kier alpha value is -3.67. The van der Waals surface area contributed by atoms with Crippen LogP contribution < -0.4 is 4.74 Å². The third kappa shape index (κ3) is 4.68. The summed E-state index contributed by atoms with van der Waals surface area (Å²) in [6.45, 7) is 8.62. The number of ketones is 2. The first-order valence-electron chi connectivity index (χ1n) is 13.2. The van der Waals surface area contributed by atoms with Gasteiger partial charge in [0.05, 0.1) is 0 Å². The molecule has 0 radical (unpaired) electrons. The number of nitrogens with zero attached hydrogens (tertiary/aromatic N) is 1. The van der Waals surface area contributed by atoms with E-state index in [2.05, 4.69) is 32.6 Å². The number of carboxylic acid groups (broad SMARTS) is 1. The molecule has 0 aromatic heterocycles. The van der Waals surface area contributed by atoms with E-state index in [1.807, 2.05) is 43.4 Å². The van der Waals surface area contributed by atoms with Crippen molar-refractivity contribution in [3.63, 3.8) is 0 Å². The van der Waals surface area contributed by atoms with Gasteiger partial charge in [0.15, 0.2) is 11.6 Å². The SMILES string of the molecule is CN1C2=C(C(=O)CC(C)(C)C2)C(c2ccc(OCc3ccccc3)c(C(=O)O)c2)C2=C1CC(C)(C)CC2=O. The number of carboxylic acids is 1. The minimum atomic E-state index is -1.11. The van der Waals surface area contributed by atoms with Crippen LogP contribution in [0, 0.1) is 10.8 Å². The van der Waals surface area contributed by atoms with Crippen LogP contribution in [0.2, 0.25) is 0 Å². The van der Waals surface area contributed by atoms with Crippen LogP contribution in [0.25, 0.3) is 0 Å². The number of aromatic carboxylic acids is 1. The molecule has 1 heterocycles. The summed E-state index contributed by atoms with van der Waals surface area (Å²) in [5.74, 6) is -1.38. The zero-order valence-corrected chi connectivity index (χ0v) is 22.8. The molecule has 0 spiro atoms. The minimum absolute atomic E-state index is 0.0221. The average Bonchev–Trinajstić information content (AvgIpc) is 2.83. The van der Waals surface area contributed by atoms with Crippen molar-refractivity contribution in [3.8, 4) is 5.75 Å². The van der Waals surface area contributed by atoms with Gasteiger partial charge in [0.1, 0.15) is 17.9 Å². The molecule has 38 heavy (non-hydrogen) atoms. The van der Waals surface area contributed by atoms with Gasteiger partial charge in [0, 0.05) is 48.3 Å². The fraction of sp³-hybridized carbons (Fsp3) is 0.406. The predicted molar refractivity (Wildman–Crippen MR) is 145 cm³/mol. The van der Waals surface area contributed by atoms with Gasteiger partial charge in [-0.3, -0.25) is 9.59 Å². The summed E-state index contributed by atoms with van der Waals surface area (Å²) in [5, 5.41) is 10.1. The summed E-state index contributed by atoms with van der Waals surface area (Å²) in [6, 6.07) is 14.6. The van der Waals surface area contributed by atoms with Crippen LogP contribution >= 0.6 is 0 Å². The van der Waals surface area contributed by atoms with E-state index >= 15 is 0 Å². The lowest BCUT2D eigenvalue weighted by atomic mass is 9.63. The summed E-state index contributed by atoms with van der Waals surface area (Å²) in [4.78, 5) is 41.8. The maximum atomic E-state index is 13.7. The van der Waals surface area contributed by atoms with Crippen molar-refractivity contribution in [2.75, 3.05) is 7.05 Å². The molecule has 6 heteroatoms. The standard InChI is InChI=1S/C32H35NO5/c1-31(2)14-22-28(24(34)16-31)27(29-23(33(22)5)15-32(3,4)17-25(29)35)20-11-12-26(21(13-20)30(36)37)38-18-19-9-7-6-8-10-19/h6-13,27H,14-18H2,1-5H3,(H,36,37). The number of allylic oxidation sites excluding steroid dienone is 4. The molecule has 2 aromatic rings. The van der Waals surface area contributed by atoms with Crippen LogP contribution in [-0.4, -0.2) is 34.6 Å². The first-order valence-corrected chi connectivity index (χ1v) is 13.2. The van der Waals surface area contributed by atoms with Crippen LogP contribution in [-0.2, 0) is 16.2 Å². The quantitative estimate of drug-likeness (QED) is 0.507. The Morgan fingerprint density at radius 2 is 1.45 bits per heavy atom. The number of ether oxygens (including phenoxy) is 1. The second-order valence-corrected chi connectivity index (χ2v) is 12.4. The first kappa shape index (κ1) is 26.0. The number of Topliss-reactive ketones (excluding diaryl/α,β-unsaturated/α-hetero) is 2. The second kappa shape index (κ2) is 9.26. The molecular weight excluding hydrogens is 478 g/mol. The third-order valence-electron chi connectivity index (χ3n) is 7.98. The van der Waals surface area contributed by atoms with Crippen LogP contribution in [0.5, 0.6) is 5.75 Å². The zero-order chi connectivity index (χ0) is 27.4. The lowest BCUT2D eigenvalue weighted by Crippen LogP contribution is -2.43. The Bertz CT molecular complexity index is 1340. The highest BCUT2D eigenvalue weighted by atomic mass is 16.5. The van der Waals surface area contributed by atoms with Crippen molar-refractivity contribution >= 4 is 17.5 Å². The molecule has 2 aliphatic carbocycles. The van der Waals surface area contributed by atoms with Crippen molar-refractivity contribution in [2.45, 2.75) is 65.9 Å². The van der Waals surface area contributed by atoms with Crippen LogP contribution in [0.1, 0.15) is 80.8 Å². The first-order chi connectivity index (χ1) is 17.9. The molecule has 0 unspecified atom stereocenters. The summed E-state index contributed by atoms with van der Waals surface area (Å²) >= 11 is 0. The fourth-order valence-electron chi connectivity index (χ4n) is 6.25. The van der Waals surface area contributed by atoms with E-state index < -0.39 is 11.9 Å². The number of hydrogen-bond acceptors (Lipinski definition) is 5. The number of hydrogen-bond donors (Lipinski definition) is 1. The molecule has 0 saturated carbocycles. The summed E-state index contributed by atoms with van der Waals surface area (Å²) in [5.41, 5.74) is 4.37. The summed E-state index contributed by atoms with van der Waals surface area (Å²) in [7, 11) is 1.97. The zero-order valence-electron chi connectivity index (χ0n) is 22.8. The Labute approximate surface area is 224 Å². The highest BCUT2D eigenvalue weighted by Gasteiger charge is 2.48. The van der Waals surface area contributed by atoms with Gasteiger partial charge in [-0.2, -0.15) is 0 Å². The van der Waals surface area contributed by atoms with E-state index in [1.165, 1.54) is 0 Å². The number of carbonyl (C=O) groups excluding carboxylic acids is 2. The van der Waals surface area contributed by atoms with Crippen molar-refractivity contribution in [3.05, 3.63) is 87.8 Å².